The number of carboxylic acid groups (broad SMARTS) is 1. The Hall–Kier alpha value is -1.06. The van der Waals surface area contributed by atoms with Gasteiger partial charge in [-0.25, -0.2) is 0 Å². The fourth-order valence-electron chi connectivity index (χ4n) is 0.696. The summed E-state index contributed by atoms with van der Waals surface area (Å²) in [5, 5.41) is 8.31. The molecule has 0 spiro atoms. The van der Waals surface area contributed by atoms with Crippen LogP contribution in [0.25, 0.3) is 0 Å². The van der Waals surface area contributed by atoms with Crippen molar-refractivity contribution in [1.82, 2.24) is 4.90 Å². The smallest absolute Gasteiger partial charge is 0.323 e. The average Bonchev–Trinajstić information content (AvgIpc) is 1.86. The molecule has 0 aromatic carbocycles. The molecule has 0 heterocycles. The van der Waals surface area contributed by atoms with Crippen LogP contribution in [0.1, 0.15) is 19.8 Å². The lowest BCUT2D eigenvalue weighted by molar-refractivity contribution is -0.143. The van der Waals surface area contributed by atoms with Gasteiger partial charge in [0.25, 0.3) is 0 Å². The van der Waals surface area contributed by atoms with Crippen LogP contribution in [-0.4, -0.2) is 35.5 Å². The third-order valence-corrected chi connectivity index (χ3v) is 1.26. The van der Waals surface area contributed by atoms with Crippen LogP contribution in [0.4, 0.5) is 0 Å². The van der Waals surface area contributed by atoms with Crippen molar-refractivity contribution in [3.63, 3.8) is 0 Å². The lowest BCUT2D eigenvalue weighted by atomic mass is 10.3. The molecular weight excluding hydrogens is 146 g/mol. The Morgan fingerprint density at radius 1 is 1.45 bits per heavy atom. The highest BCUT2D eigenvalue weighted by Crippen LogP contribution is 1.93. The van der Waals surface area contributed by atoms with E-state index in [4.69, 9.17) is 5.11 Å². The highest BCUT2D eigenvalue weighted by molar-refractivity contribution is 5.80. The predicted octanol–water partition coefficient (Wildman–Crippen LogP) is 0.329. The van der Waals surface area contributed by atoms with Crippen molar-refractivity contribution in [2.45, 2.75) is 19.8 Å². The molecule has 0 aliphatic heterocycles. The third kappa shape index (κ3) is 4.36. The molecule has 0 aliphatic carbocycles. The summed E-state index contributed by atoms with van der Waals surface area (Å²) in [5.74, 6) is -1.09. The highest BCUT2D eigenvalue weighted by atomic mass is 16.4. The summed E-state index contributed by atoms with van der Waals surface area (Å²) in [6, 6.07) is 0. The molecule has 0 saturated heterocycles. The van der Waals surface area contributed by atoms with Crippen LogP contribution in [0.15, 0.2) is 0 Å². The van der Waals surface area contributed by atoms with E-state index in [2.05, 4.69) is 0 Å². The van der Waals surface area contributed by atoms with E-state index in [1.54, 1.807) is 0 Å². The quantitative estimate of drug-likeness (QED) is 0.643. The number of carboxylic acids is 1. The molecule has 1 N–H and O–H groups in total. The minimum absolute atomic E-state index is 0.116. The number of carbonyl (C=O) groups is 2. The van der Waals surface area contributed by atoms with Crippen LogP contribution in [0.5, 0.6) is 0 Å². The van der Waals surface area contributed by atoms with E-state index in [0.29, 0.717) is 6.42 Å². The number of likely N-dealkylation sites (N-methyl/N-ethyl adjacent to an activating group) is 1. The molecule has 64 valence electrons. The van der Waals surface area contributed by atoms with Crippen LogP contribution >= 0.6 is 0 Å². The van der Waals surface area contributed by atoms with Gasteiger partial charge in [0.05, 0.1) is 0 Å². The first-order chi connectivity index (χ1) is 5.07. The Labute approximate surface area is 65.8 Å². The summed E-state index contributed by atoms with van der Waals surface area (Å²) in [6.07, 6.45) is 1.17. The molecule has 0 aromatic heterocycles. The van der Waals surface area contributed by atoms with Crippen molar-refractivity contribution in [1.29, 1.82) is 0 Å². The maximum Gasteiger partial charge on any atom is 0.323 e. The maximum atomic E-state index is 10.9. The van der Waals surface area contributed by atoms with Gasteiger partial charge < -0.3 is 10.0 Å². The summed E-state index contributed by atoms with van der Waals surface area (Å²) in [6.45, 7) is 1.67. The van der Waals surface area contributed by atoms with Gasteiger partial charge in [-0.1, -0.05) is 6.92 Å². The minimum Gasteiger partial charge on any atom is -0.480 e. The summed E-state index contributed by atoms with van der Waals surface area (Å²) in [7, 11) is 1.49. The van der Waals surface area contributed by atoms with Gasteiger partial charge in [-0.2, -0.15) is 0 Å². The average molecular weight is 159 g/mol. The van der Waals surface area contributed by atoms with E-state index in [1.165, 1.54) is 11.9 Å². The Kier molecular flexibility index (Phi) is 4.26. The van der Waals surface area contributed by atoms with Crippen molar-refractivity contribution in [3.8, 4) is 0 Å². The predicted molar refractivity (Wildman–Crippen MR) is 40.2 cm³/mol. The van der Waals surface area contributed by atoms with Crippen molar-refractivity contribution in [2.75, 3.05) is 13.6 Å². The van der Waals surface area contributed by atoms with Gasteiger partial charge >= 0.3 is 5.97 Å². The van der Waals surface area contributed by atoms with E-state index >= 15 is 0 Å². The number of amides is 1. The molecule has 0 aromatic rings. The van der Waals surface area contributed by atoms with Gasteiger partial charge in [0.1, 0.15) is 6.54 Å². The Morgan fingerprint density at radius 3 is 2.36 bits per heavy atom. The van der Waals surface area contributed by atoms with Crippen molar-refractivity contribution in [3.05, 3.63) is 0 Å². The zero-order valence-electron chi connectivity index (χ0n) is 6.83. The first kappa shape index (κ1) is 9.94. The molecule has 1 amide bonds. The summed E-state index contributed by atoms with van der Waals surface area (Å²) in [4.78, 5) is 22.3. The number of carbonyl (C=O) groups excluding carboxylic acids is 1. The van der Waals surface area contributed by atoms with E-state index in [0.717, 1.165) is 6.42 Å². The Morgan fingerprint density at radius 2 is 2.00 bits per heavy atom. The molecule has 4 heteroatoms. The van der Waals surface area contributed by atoms with Gasteiger partial charge in [0.15, 0.2) is 0 Å². The van der Waals surface area contributed by atoms with E-state index in [9.17, 15) is 9.59 Å². The standard InChI is InChI=1S/C7H13NO3/c1-3-4-6(9)8(2)5-7(10)11/h3-5H2,1-2H3,(H,10,11). The number of nitrogens with zero attached hydrogens (tertiary/aromatic N) is 1. The topological polar surface area (TPSA) is 57.6 Å². The molecule has 0 unspecified atom stereocenters. The van der Waals surface area contributed by atoms with Gasteiger partial charge in [-0.15, -0.1) is 0 Å². The number of hydrogen-bond acceptors (Lipinski definition) is 2. The largest absolute Gasteiger partial charge is 0.480 e. The van der Waals surface area contributed by atoms with Crippen LogP contribution in [0.2, 0.25) is 0 Å². The summed E-state index contributed by atoms with van der Waals surface area (Å²) >= 11 is 0. The second-order valence-corrected chi connectivity index (χ2v) is 2.39. The third-order valence-electron chi connectivity index (χ3n) is 1.26. The molecule has 0 aliphatic rings. The van der Waals surface area contributed by atoms with Crippen molar-refractivity contribution >= 4 is 11.9 Å². The number of aliphatic carboxylic acids is 1. The molecule has 0 rings (SSSR count). The van der Waals surface area contributed by atoms with Gasteiger partial charge in [0.2, 0.25) is 5.91 Å². The van der Waals surface area contributed by atoms with Crippen molar-refractivity contribution in [2.24, 2.45) is 0 Å². The summed E-state index contributed by atoms with van der Waals surface area (Å²) in [5.41, 5.74) is 0. The highest BCUT2D eigenvalue weighted by Gasteiger charge is 2.09. The van der Waals surface area contributed by atoms with Crippen LogP contribution in [-0.2, 0) is 9.59 Å². The van der Waals surface area contributed by atoms with E-state index < -0.39 is 5.97 Å². The normalized spacial score (nSPS) is 9.27. The Bertz CT molecular complexity index is 156. The monoisotopic (exact) mass is 159 g/mol. The number of hydrogen-bond donors (Lipinski definition) is 1. The molecule has 0 bridgehead atoms. The van der Waals surface area contributed by atoms with Crippen LogP contribution in [0, 0.1) is 0 Å². The summed E-state index contributed by atoms with van der Waals surface area (Å²) < 4.78 is 0. The van der Waals surface area contributed by atoms with E-state index in [-0.39, 0.29) is 12.5 Å². The maximum absolute atomic E-state index is 10.9. The fraction of sp³-hybridized carbons (Fsp3) is 0.714. The van der Waals surface area contributed by atoms with Crippen LogP contribution in [0.3, 0.4) is 0 Å². The zero-order valence-corrected chi connectivity index (χ0v) is 6.83. The minimum atomic E-state index is -0.975. The molecule has 0 fully saturated rings. The van der Waals surface area contributed by atoms with Gasteiger partial charge in [-0.05, 0) is 6.42 Å². The molecule has 0 radical (unpaired) electrons. The van der Waals surface area contributed by atoms with Crippen molar-refractivity contribution < 1.29 is 14.7 Å². The fourth-order valence-corrected chi connectivity index (χ4v) is 0.696. The lowest BCUT2D eigenvalue weighted by Crippen LogP contribution is -2.31. The molecule has 4 nitrogen and oxygen atoms in total. The van der Waals surface area contributed by atoms with Gasteiger partial charge in [0, 0.05) is 13.5 Å². The molecule has 0 saturated carbocycles. The second kappa shape index (κ2) is 4.71. The van der Waals surface area contributed by atoms with Crippen LogP contribution < -0.4 is 0 Å². The second-order valence-electron chi connectivity index (χ2n) is 2.39. The Balaban J connectivity index is 3.73. The molecule has 11 heavy (non-hydrogen) atoms. The lowest BCUT2D eigenvalue weighted by Gasteiger charge is -2.13. The molecule has 0 atom stereocenters. The van der Waals surface area contributed by atoms with Gasteiger partial charge in [-0.3, -0.25) is 9.59 Å². The number of rotatable bonds is 4. The first-order valence-corrected chi connectivity index (χ1v) is 3.53. The first-order valence-electron chi connectivity index (χ1n) is 3.53. The zero-order chi connectivity index (χ0) is 8.85. The molecular formula is C7H13NO3. The SMILES string of the molecule is CCCC(=O)N(C)CC(=O)O. The van der Waals surface area contributed by atoms with E-state index in [1.807, 2.05) is 6.92 Å².